The molecule has 0 radical (unpaired) electrons. The first-order valence-corrected chi connectivity index (χ1v) is 7.12. The van der Waals surface area contributed by atoms with Crippen LogP contribution in [0.5, 0.6) is 0 Å². The summed E-state index contributed by atoms with van der Waals surface area (Å²) in [5, 5.41) is 0. The van der Waals surface area contributed by atoms with E-state index < -0.39 is 5.60 Å². The Morgan fingerprint density at radius 1 is 1.67 bits per heavy atom. The number of methoxy groups -OCH3 is 1. The van der Waals surface area contributed by atoms with Crippen LogP contribution in [-0.2, 0) is 14.3 Å². The molecule has 0 amide bonds. The van der Waals surface area contributed by atoms with Crippen molar-refractivity contribution < 1.29 is 14.3 Å². The van der Waals surface area contributed by atoms with Gasteiger partial charge in [-0.3, -0.25) is 0 Å². The van der Waals surface area contributed by atoms with Crippen LogP contribution in [-0.4, -0.2) is 45.0 Å². The summed E-state index contributed by atoms with van der Waals surface area (Å²) in [4.78, 5) is 11.1. The quantitative estimate of drug-likeness (QED) is 0.533. The molecule has 0 bridgehead atoms. The Balaban J connectivity index is 2.57. The molecule has 0 N–H and O–H groups in total. The van der Waals surface area contributed by atoms with Crippen molar-refractivity contribution in [2.75, 3.05) is 33.2 Å². The Morgan fingerprint density at radius 2 is 2.40 bits per heavy atom. The van der Waals surface area contributed by atoms with E-state index in [2.05, 4.69) is 13.6 Å². The third kappa shape index (κ3) is 3.24. The molecule has 3 nitrogen and oxygen atoms in total. The SMILES string of the molecule is COCC1(C=O)CC(C)C(CPC)CO1. The average Bonchev–Trinajstić information content (AvgIpc) is 2.23. The molecule has 1 rings (SSSR count). The molecule has 4 atom stereocenters. The summed E-state index contributed by atoms with van der Waals surface area (Å²) in [7, 11) is 2.57. The van der Waals surface area contributed by atoms with E-state index in [0.717, 1.165) is 21.3 Å². The lowest BCUT2D eigenvalue weighted by atomic mass is 9.82. The van der Waals surface area contributed by atoms with E-state index in [1.165, 1.54) is 6.16 Å². The van der Waals surface area contributed by atoms with Crippen molar-refractivity contribution in [1.29, 1.82) is 0 Å². The number of hydrogen-bond donors (Lipinski definition) is 0. The zero-order valence-electron chi connectivity index (χ0n) is 9.79. The Bertz CT molecular complexity index is 210. The summed E-state index contributed by atoms with van der Waals surface area (Å²) in [6, 6.07) is 0. The van der Waals surface area contributed by atoms with E-state index in [1.807, 2.05) is 0 Å². The van der Waals surface area contributed by atoms with Crippen LogP contribution in [0.3, 0.4) is 0 Å². The van der Waals surface area contributed by atoms with Gasteiger partial charge in [-0.2, -0.15) is 0 Å². The van der Waals surface area contributed by atoms with Gasteiger partial charge in [0.1, 0.15) is 5.60 Å². The van der Waals surface area contributed by atoms with Gasteiger partial charge in [-0.15, -0.1) is 8.58 Å². The van der Waals surface area contributed by atoms with E-state index in [1.54, 1.807) is 7.11 Å². The lowest BCUT2D eigenvalue weighted by Crippen LogP contribution is -2.48. The Kier molecular flexibility index (Phi) is 5.17. The van der Waals surface area contributed by atoms with Crippen molar-refractivity contribution in [3.8, 4) is 0 Å². The zero-order chi connectivity index (χ0) is 11.3. The second kappa shape index (κ2) is 5.93. The van der Waals surface area contributed by atoms with Crippen molar-refractivity contribution in [3.63, 3.8) is 0 Å². The summed E-state index contributed by atoms with van der Waals surface area (Å²) >= 11 is 0. The van der Waals surface area contributed by atoms with E-state index in [-0.39, 0.29) is 0 Å². The molecule has 1 heterocycles. The third-order valence-electron chi connectivity index (χ3n) is 3.13. The molecule has 0 spiro atoms. The summed E-state index contributed by atoms with van der Waals surface area (Å²) in [5.74, 6) is 1.16. The molecule has 0 aromatic carbocycles. The summed E-state index contributed by atoms with van der Waals surface area (Å²) in [6.07, 6.45) is 2.92. The fourth-order valence-corrected chi connectivity index (χ4v) is 3.24. The number of ether oxygens (including phenoxy) is 2. The Hall–Kier alpha value is 0.0200. The summed E-state index contributed by atoms with van der Waals surface area (Å²) < 4.78 is 10.8. The van der Waals surface area contributed by atoms with Gasteiger partial charge in [0, 0.05) is 7.11 Å². The topological polar surface area (TPSA) is 35.5 Å². The number of rotatable bonds is 5. The van der Waals surface area contributed by atoms with Crippen LogP contribution in [0.4, 0.5) is 0 Å². The molecule has 1 aliphatic heterocycles. The second-order valence-corrected chi connectivity index (χ2v) is 5.54. The van der Waals surface area contributed by atoms with Crippen LogP contribution in [0.15, 0.2) is 0 Å². The van der Waals surface area contributed by atoms with Crippen LogP contribution in [0.2, 0.25) is 0 Å². The Morgan fingerprint density at radius 3 is 2.87 bits per heavy atom. The number of hydrogen-bond acceptors (Lipinski definition) is 3. The highest BCUT2D eigenvalue weighted by Crippen LogP contribution is 2.34. The number of carbonyl (C=O) groups is 1. The first-order chi connectivity index (χ1) is 7.17. The first-order valence-electron chi connectivity index (χ1n) is 5.41. The summed E-state index contributed by atoms with van der Waals surface area (Å²) in [6.45, 7) is 5.50. The highest BCUT2D eigenvalue weighted by atomic mass is 31.1. The highest BCUT2D eigenvalue weighted by molar-refractivity contribution is 7.36. The largest absolute Gasteiger partial charge is 0.381 e. The van der Waals surface area contributed by atoms with Crippen molar-refractivity contribution in [3.05, 3.63) is 0 Å². The molecule has 0 aliphatic carbocycles. The van der Waals surface area contributed by atoms with Gasteiger partial charge in [0.05, 0.1) is 13.2 Å². The fraction of sp³-hybridized carbons (Fsp3) is 0.909. The fourth-order valence-electron chi connectivity index (χ4n) is 2.19. The molecule has 1 saturated heterocycles. The predicted octanol–water partition coefficient (Wildman–Crippen LogP) is 1.55. The van der Waals surface area contributed by atoms with Crippen molar-refractivity contribution in [2.45, 2.75) is 18.9 Å². The second-order valence-electron chi connectivity index (χ2n) is 4.43. The monoisotopic (exact) mass is 232 g/mol. The average molecular weight is 232 g/mol. The van der Waals surface area contributed by atoms with Gasteiger partial charge in [0.2, 0.25) is 0 Å². The standard InChI is InChI=1S/C11H21O3P/c1-9-4-11(7-12,8-13-2)14-5-10(9)6-15-3/h7,9-10,15H,4-6,8H2,1-3H3. The maximum Gasteiger partial charge on any atom is 0.154 e. The van der Waals surface area contributed by atoms with Gasteiger partial charge in [0.25, 0.3) is 0 Å². The molecule has 4 heteroatoms. The molecule has 0 saturated carbocycles. The summed E-state index contributed by atoms with van der Waals surface area (Å²) in [5.41, 5.74) is -0.679. The van der Waals surface area contributed by atoms with Gasteiger partial charge in [-0.1, -0.05) is 6.92 Å². The minimum atomic E-state index is -0.679. The smallest absolute Gasteiger partial charge is 0.154 e. The molecule has 1 aliphatic rings. The van der Waals surface area contributed by atoms with Crippen molar-refractivity contribution >= 4 is 14.9 Å². The Labute approximate surface area is 93.7 Å². The third-order valence-corrected chi connectivity index (χ3v) is 4.06. The van der Waals surface area contributed by atoms with Gasteiger partial charge in [0.15, 0.2) is 6.29 Å². The number of aldehydes is 1. The molecule has 0 aromatic rings. The van der Waals surface area contributed by atoms with Crippen LogP contribution in [0, 0.1) is 11.8 Å². The van der Waals surface area contributed by atoms with E-state index in [9.17, 15) is 4.79 Å². The lowest BCUT2D eigenvalue weighted by molar-refractivity contribution is -0.159. The maximum atomic E-state index is 11.1. The van der Waals surface area contributed by atoms with Gasteiger partial charge < -0.3 is 14.3 Å². The minimum Gasteiger partial charge on any atom is -0.381 e. The molecule has 1 fully saturated rings. The normalized spacial score (nSPS) is 37.3. The van der Waals surface area contributed by atoms with Crippen LogP contribution >= 0.6 is 8.58 Å². The van der Waals surface area contributed by atoms with E-state index in [0.29, 0.717) is 25.0 Å². The van der Waals surface area contributed by atoms with Crippen molar-refractivity contribution in [1.82, 2.24) is 0 Å². The van der Waals surface area contributed by atoms with E-state index >= 15 is 0 Å². The van der Waals surface area contributed by atoms with Gasteiger partial charge >= 0.3 is 0 Å². The van der Waals surface area contributed by atoms with Crippen LogP contribution < -0.4 is 0 Å². The molecular formula is C11H21O3P. The van der Waals surface area contributed by atoms with Crippen LogP contribution in [0.25, 0.3) is 0 Å². The zero-order valence-corrected chi connectivity index (χ0v) is 10.8. The highest BCUT2D eigenvalue weighted by Gasteiger charge is 2.39. The van der Waals surface area contributed by atoms with Gasteiger partial charge in [-0.05, 0) is 31.1 Å². The molecule has 15 heavy (non-hydrogen) atoms. The first kappa shape index (κ1) is 13.1. The molecule has 88 valence electrons. The lowest BCUT2D eigenvalue weighted by Gasteiger charge is -2.40. The molecule has 0 aromatic heterocycles. The van der Waals surface area contributed by atoms with E-state index in [4.69, 9.17) is 9.47 Å². The minimum absolute atomic E-state index is 0.377. The van der Waals surface area contributed by atoms with Gasteiger partial charge in [-0.25, -0.2) is 0 Å². The molecule has 4 unspecified atom stereocenters. The molecular weight excluding hydrogens is 211 g/mol. The predicted molar refractivity (Wildman–Crippen MR) is 63.0 cm³/mol. The van der Waals surface area contributed by atoms with Crippen LogP contribution in [0.1, 0.15) is 13.3 Å². The number of carbonyl (C=O) groups excluding carboxylic acids is 1. The maximum absolute atomic E-state index is 11.1. The van der Waals surface area contributed by atoms with Crippen molar-refractivity contribution in [2.24, 2.45) is 11.8 Å².